The summed E-state index contributed by atoms with van der Waals surface area (Å²) in [5.74, 6) is -0.225. The highest BCUT2D eigenvalue weighted by Crippen LogP contribution is 2.36. The SMILES string of the molecule is CSc1c(C(Cl)C(C)=O)cccc1[N+](=O)[O-]. The van der Waals surface area contributed by atoms with Gasteiger partial charge in [0, 0.05) is 6.07 Å². The first-order valence-electron chi connectivity index (χ1n) is 4.44. The molecule has 0 N–H and O–H groups in total. The van der Waals surface area contributed by atoms with Crippen LogP contribution in [0.1, 0.15) is 17.9 Å². The van der Waals surface area contributed by atoms with E-state index in [0.29, 0.717) is 10.5 Å². The summed E-state index contributed by atoms with van der Waals surface area (Å²) in [4.78, 5) is 21.9. The predicted molar refractivity (Wildman–Crippen MR) is 64.2 cm³/mol. The van der Waals surface area contributed by atoms with Crippen molar-refractivity contribution < 1.29 is 9.72 Å². The molecule has 0 bridgehead atoms. The van der Waals surface area contributed by atoms with Crippen molar-refractivity contribution in [2.24, 2.45) is 0 Å². The number of carbonyl (C=O) groups is 1. The van der Waals surface area contributed by atoms with Crippen LogP contribution in [-0.2, 0) is 4.79 Å². The van der Waals surface area contributed by atoms with Gasteiger partial charge in [-0.25, -0.2) is 0 Å². The third kappa shape index (κ3) is 2.54. The van der Waals surface area contributed by atoms with Crippen molar-refractivity contribution in [3.05, 3.63) is 33.9 Å². The van der Waals surface area contributed by atoms with Crippen molar-refractivity contribution in [3.8, 4) is 0 Å². The van der Waals surface area contributed by atoms with Gasteiger partial charge < -0.3 is 0 Å². The number of nitrogens with zero attached hydrogens (tertiary/aromatic N) is 1. The molecule has 0 radical (unpaired) electrons. The molecule has 0 amide bonds. The number of carbonyl (C=O) groups excluding carboxylic acids is 1. The summed E-state index contributed by atoms with van der Waals surface area (Å²) in [6, 6.07) is 4.57. The van der Waals surface area contributed by atoms with E-state index in [2.05, 4.69) is 0 Å². The van der Waals surface area contributed by atoms with Gasteiger partial charge in [0.1, 0.15) is 5.38 Å². The Balaban J connectivity index is 3.34. The van der Waals surface area contributed by atoms with Gasteiger partial charge in [0.2, 0.25) is 0 Å². The van der Waals surface area contributed by atoms with Crippen molar-refractivity contribution in [2.75, 3.05) is 6.26 Å². The third-order valence-corrected chi connectivity index (χ3v) is 3.45. The number of hydrogen-bond donors (Lipinski definition) is 0. The van der Waals surface area contributed by atoms with E-state index in [1.54, 1.807) is 12.3 Å². The van der Waals surface area contributed by atoms with Gasteiger partial charge in [-0.1, -0.05) is 12.1 Å². The lowest BCUT2D eigenvalue weighted by atomic mass is 10.1. The maximum atomic E-state index is 11.2. The first-order valence-corrected chi connectivity index (χ1v) is 6.11. The normalized spacial score (nSPS) is 12.2. The van der Waals surface area contributed by atoms with Gasteiger partial charge in [0.05, 0.1) is 9.82 Å². The minimum atomic E-state index is -0.831. The van der Waals surface area contributed by atoms with Crippen LogP contribution in [0.5, 0.6) is 0 Å². The molecule has 0 aliphatic heterocycles. The fourth-order valence-electron chi connectivity index (χ4n) is 1.33. The van der Waals surface area contributed by atoms with Crippen LogP contribution in [0.4, 0.5) is 5.69 Å². The Bertz CT molecular complexity index is 436. The fraction of sp³-hybridized carbons (Fsp3) is 0.300. The smallest absolute Gasteiger partial charge is 0.283 e. The predicted octanol–water partition coefficient (Wildman–Crippen LogP) is 3.19. The van der Waals surface area contributed by atoms with Crippen molar-refractivity contribution >= 4 is 34.8 Å². The number of hydrogen-bond acceptors (Lipinski definition) is 4. The Morgan fingerprint density at radius 1 is 1.56 bits per heavy atom. The topological polar surface area (TPSA) is 60.2 Å². The molecule has 1 aromatic rings. The highest BCUT2D eigenvalue weighted by atomic mass is 35.5. The molecule has 0 saturated heterocycles. The molecule has 1 rings (SSSR count). The molecular formula is C10H10ClNO3S. The monoisotopic (exact) mass is 259 g/mol. The minimum absolute atomic E-state index is 0.0168. The zero-order valence-corrected chi connectivity index (χ0v) is 10.3. The highest BCUT2D eigenvalue weighted by Gasteiger charge is 2.23. The van der Waals surface area contributed by atoms with E-state index in [1.807, 2.05) is 0 Å². The molecular weight excluding hydrogens is 250 g/mol. The van der Waals surface area contributed by atoms with E-state index in [9.17, 15) is 14.9 Å². The van der Waals surface area contributed by atoms with Gasteiger partial charge >= 0.3 is 0 Å². The largest absolute Gasteiger partial charge is 0.298 e. The summed E-state index contributed by atoms with van der Waals surface area (Å²) in [7, 11) is 0. The summed E-state index contributed by atoms with van der Waals surface area (Å²) in [6.07, 6.45) is 1.72. The molecule has 1 aromatic carbocycles. The lowest BCUT2D eigenvalue weighted by Crippen LogP contribution is -2.04. The molecule has 86 valence electrons. The summed E-state index contributed by atoms with van der Waals surface area (Å²) in [6.45, 7) is 1.36. The lowest BCUT2D eigenvalue weighted by molar-refractivity contribution is -0.387. The number of benzene rings is 1. The average Bonchev–Trinajstić information content (AvgIpc) is 2.26. The molecule has 4 nitrogen and oxygen atoms in total. The molecule has 0 saturated carbocycles. The van der Waals surface area contributed by atoms with Gasteiger partial charge in [0.15, 0.2) is 5.78 Å². The molecule has 0 heterocycles. The first kappa shape index (κ1) is 13.0. The fourth-order valence-corrected chi connectivity index (χ4v) is 2.35. The number of rotatable bonds is 4. The van der Waals surface area contributed by atoms with Gasteiger partial charge in [-0.05, 0) is 18.7 Å². The Morgan fingerprint density at radius 2 is 2.19 bits per heavy atom. The summed E-state index contributed by atoms with van der Waals surface area (Å²) in [5.41, 5.74) is 0.479. The molecule has 0 aromatic heterocycles. The van der Waals surface area contributed by atoms with Gasteiger partial charge in [-0.2, -0.15) is 0 Å². The van der Waals surface area contributed by atoms with Crippen LogP contribution < -0.4 is 0 Å². The van der Waals surface area contributed by atoms with E-state index >= 15 is 0 Å². The summed E-state index contributed by atoms with van der Waals surface area (Å²) < 4.78 is 0. The van der Waals surface area contributed by atoms with Crippen molar-refractivity contribution in [1.29, 1.82) is 0 Å². The maximum Gasteiger partial charge on any atom is 0.283 e. The van der Waals surface area contributed by atoms with Gasteiger partial charge in [-0.15, -0.1) is 23.4 Å². The van der Waals surface area contributed by atoms with Crippen LogP contribution in [0.2, 0.25) is 0 Å². The summed E-state index contributed by atoms with van der Waals surface area (Å²) in [5, 5.41) is 9.96. The van der Waals surface area contributed by atoms with Crippen LogP contribution in [0.3, 0.4) is 0 Å². The number of alkyl halides is 1. The van der Waals surface area contributed by atoms with Crippen LogP contribution in [0.25, 0.3) is 0 Å². The van der Waals surface area contributed by atoms with Crippen LogP contribution in [0, 0.1) is 10.1 Å². The van der Waals surface area contributed by atoms with E-state index in [-0.39, 0.29) is 11.5 Å². The van der Waals surface area contributed by atoms with E-state index < -0.39 is 10.3 Å². The number of ketones is 1. The first-order chi connectivity index (χ1) is 7.49. The molecule has 0 fully saturated rings. The Morgan fingerprint density at radius 3 is 2.62 bits per heavy atom. The highest BCUT2D eigenvalue weighted by molar-refractivity contribution is 7.98. The Labute approximate surface area is 102 Å². The molecule has 1 atom stereocenters. The summed E-state index contributed by atoms with van der Waals surface area (Å²) >= 11 is 7.13. The second-order valence-corrected chi connectivity index (χ2v) is 4.38. The quantitative estimate of drug-likeness (QED) is 0.361. The minimum Gasteiger partial charge on any atom is -0.298 e. The third-order valence-electron chi connectivity index (χ3n) is 2.06. The number of Topliss-reactive ketones (excluding diaryl/α,β-unsaturated/α-hetero) is 1. The van der Waals surface area contributed by atoms with Crippen molar-refractivity contribution in [1.82, 2.24) is 0 Å². The zero-order valence-electron chi connectivity index (χ0n) is 8.77. The van der Waals surface area contributed by atoms with Gasteiger partial charge in [-0.3, -0.25) is 14.9 Å². The van der Waals surface area contributed by atoms with Crippen molar-refractivity contribution in [3.63, 3.8) is 0 Å². The second kappa shape index (κ2) is 5.32. The maximum absolute atomic E-state index is 11.2. The molecule has 0 aliphatic carbocycles. The molecule has 16 heavy (non-hydrogen) atoms. The Hall–Kier alpha value is -1.07. The molecule has 0 spiro atoms. The standard InChI is InChI=1S/C10H10ClNO3S/c1-6(13)9(11)7-4-3-5-8(12(14)15)10(7)16-2/h3-5,9H,1-2H3. The second-order valence-electron chi connectivity index (χ2n) is 3.13. The van der Waals surface area contributed by atoms with Crippen LogP contribution in [-0.4, -0.2) is 17.0 Å². The number of halogens is 1. The average molecular weight is 260 g/mol. The van der Waals surface area contributed by atoms with Gasteiger partial charge in [0.25, 0.3) is 5.69 Å². The number of nitro groups is 1. The number of thioether (sulfide) groups is 1. The van der Waals surface area contributed by atoms with E-state index in [0.717, 1.165) is 0 Å². The number of nitro benzene ring substituents is 1. The van der Waals surface area contributed by atoms with Crippen LogP contribution >= 0.6 is 23.4 Å². The Kier molecular flexibility index (Phi) is 4.32. The molecule has 1 unspecified atom stereocenters. The van der Waals surface area contributed by atoms with E-state index in [1.165, 1.54) is 30.8 Å². The lowest BCUT2D eigenvalue weighted by Gasteiger charge is -2.10. The molecule has 6 heteroatoms. The molecule has 0 aliphatic rings. The van der Waals surface area contributed by atoms with Crippen LogP contribution in [0.15, 0.2) is 23.1 Å². The zero-order chi connectivity index (χ0) is 12.3. The van der Waals surface area contributed by atoms with E-state index in [4.69, 9.17) is 11.6 Å². The van der Waals surface area contributed by atoms with Crippen molar-refractivity contribution in [2.45, 2.75) is 17.2 Å².